The number of hydrogen-bond donors (Lipinski definition) is 0. The van der Waals surface area contributed by atoms with Gasteiger partial charge in [-0.15, -0.1) is 13.2 Å². The Kier molecular flexibility index (Phi) is 4.31. The SMILES string of the molecule is N#CCc1cc(OC(F)(F)F)ccc1OC(F)F. The van der Waals surface area contributed by atoms with Crippen LogP contribution in [0.4, 0.5) is 22.0 Å². The molecule has 0 unspecified atom stereocenters. The third kappa shape index (κ3) is 4.45. The standard InChI is InChI=1S/C10H6F5NO2/c11-9(12)17-8-2-1-7(18-10(13,14)15)5-6(8)3-4-16/h1-2,5,9H,3H2. The molecule has 3 nitrogen and oxygen atoms in total. The Morgan fingerprint density at radius 2 is 1.94 bits per heavy atom. The van der Waals surface area contributed by atoms with Crippen LogP contribution < -0.4 is 9.47 Å². The molecule has 0 saturated carbocycles. The van der Waals surface area contributed by atoms with E-state index in [1.54, 1.807) is 6.07 Å². The Morgan fingerprint density at radius 3 is 2.44 bits per heavy atom. The molecule has 0 bridgehead atoms. The van der Waals surface area contributed by atoms with E-state index >= 15 is 0 Å². The highest BCUT2D eigenvalue weighted by Gasteiger charge is 2.31. The van der Waals surface area contributed by atoms with E-state index < -0.39 is 18.7 Å². The van der Waals surface area contributed by atoms with Crippen LogP contribution in [0.15, 0.2) is 18.2 Å². The fourth-order valence-electron chi connectivity index (χ4n) is 1.19. The van der Waals surface area contributed by atoms with Crippen molar-refractivity contribution in [2.75, 3.05) is 0 Å². The first-order chi connectivity index (χ1) is 8.31. The van der Waals surface area contributed by atoms with E-state index in [1.165, 1.54) is 0 Å². The van der Waals surface area contributed by atoms with E-state index in [9.17, 15) is 22.0 Å². The van der Waals surface area contributed by atoms with Gasteiger partial charge < -0.3 is 9.47 Å². The van der Waals surface area contributed by atoms with Gasteiger partial charge in [-0.05, 0) is 18.2 Å². The average molecular weight is 267 g/mol. The number of alkyl halides is 5. The zero-order valence-corrected chi connectivity index (χ0v) is 8.67. The minimum Gasteiger partial charge on any atom is -0.435 e. The van der Waals surface area contributed by atoms with Crippen LogP contribution in [0.3, 0.4) is 0 Å². The third-order valence-electron chi connectivity index (χ3n) is 1.75. The molecule has 0 atom stereocenters. The average Bonchev–Trinajstić information content (AvgIpc) is 2.19. The smallest absolute Gasteiger partial charge is 0.435 e. The Labute approximate surface area is 98.3 Å². The summed E-state index contributed by atoms with van der Waals surface area (Å²) >= 11 is 0. The molecule has 8 heteroatoms. The number of ether oxygens (including phenoxy) is 2. The van der Waals surface area contributed by atoms with Crippen molar-refractivity contribution in [1.82, 2.24) is 0 Å². The summed E-state index contributed by atoms with van der Waals surface area (Å²) in [6, 6.07) is 4.17. The molecule has 0 aliphatic rings. The molecule has 0 radical (unpaired) electrons. The van der Waals surface area contributed by atoms with Gasteiger partial charge >= 0.3 is 13.0 Å². The maximum absolute atomic E-state index is 12.0. The normalized spacial score (nSPS) is 11.2. The van der Waals surface area contributed by atoms with Gasteiger partial charge in [-0.2, -0.15) is 14.0 Å². The van der Waals surface area contributed by atoms with Crippen LogP contribution in [0, 0.1) is 11.3 Å². The van der Waals surface area contributed by atoms with Gasteiger partial charge in [0.15, 0.2) is 0 Å². The zero-order valence-electron chi connectivity index (χ0n) is 8.67. The number of rotatable bonds is 4. The van der Waals surface area contributed by atoms with Crippen molar-refractivity contribution in [2.24, 2.45) is 0 Å². The molecular weight excluding hydrogens is 261 g/mol. The monoisotopic (exact) mass is 267 g/mol. The van der Waals surface area contributed by atoms with Crippen molar-refractivity contribution in [2.45, 2.75) is 19.4 Å². The van der Waals surface area contributed by atoms with Crippen molar-refractivity contribution < 1.29 is 31.4 Å². The molecule has 0 aliphatic heterocycles. The maximum Gasteiger partial charge on any atom is 0.573 e. The first-order valence-corrected chi connectivity index (χ1v) is 4.52. The Balaban J connectivity index is 3.00. The maximum atomic E-state index is 12.0. The van der Waals surface area contributed by atoms with Gasteiger partial charge in [-0.3, -0.25) is 0 Å². The Morgan fingerprint density at radius 1 is 1.28 bits per heavy atom. The largest absolute Gasteiger partial charge is 0.573 e. The molecule has 0 aromatic heterocycles. The van der Waals surface area contributed by atoms with Crippen molar-refractivity contribution in [3.05, 3.63) is 23.8 Å². The fraction of sp³-hybridized carbons (Fsp3) is 0.300. The van der Waals surface area contributed by atoms with E-state index in [-0.39, 0.29) is 17.7 Å². The third-order valence-corrected chi connectivity index (χ3v) is 1.75. The first-order valence-electron chi connectivity index (χ1n) is 4.52. The molecule has 1 aromatic rings. The van der Waals surface area contributed by atoms with Crippen LogP contribution in [-0.4, -0.2) is 13.0 Å². The molecule has 0 saturated heterocycles. The highest BCUT2D eigenvalue weighted by molar-refractivity contribution is 5.41. The van der Waals surface area contributed by atoms with Gasteiger partial charge in [0, 0.05) is 5.56 Å². The number of hydrogen-bond acceptors (Lipinski definition) is 3. The second kappa shape index (κ2) is 5.53. The second-order valence-electron chi connectivity index (χ2n) is 3.03. The molecule has 0 heterocycles. The second-order valence-corrected chi connectivity index (χ2v) is 3.03. The number of benzene rings is 1. The van der Waals surface area contributed by atoms with E-state index in [1.807, 2.05) is 0 Å². The summed E-state index contributed by atoms with van der Waals surface area (Å²) in [6.45, 7) is -3.13. The highest BCUT2D eigenvalue weighted by atomic mass is 19.4. The molecule has 0 aliphatic carbocycles. The molecule has 1 aromatic carbocycles. The van der Waals surface area contributed by atoms with Crippen LogP contribution in [0.2, 0.25) is 0 Å². The van der Waals surface area contributed by atoms with E-state index in [4.69, 9.17) is 5.26 Å². The molecule has 0 spiro atoms. The summed E-state index contributed by atoms with van der Waals surface area (Å²) in [5, 5.41) is 8.45. The van der Waals surface area contributed by atoms with Gasteiger partial charge in [0.1, 0.15) is 11.5 Å². The highest BCUT2D eigenvalue weighted by Crippen LogP contribution is 2.29. The predicted octanol–water partition coefficient (Wildman–Crippen LogP) is 3.25. The summed E-state index contributed by atoms with van der Waals surface area (Å²) in [4.78, 5) is 0. The molecule has 18 heavy (non-hydrogen) atoms. The zero-order chi connectivity index (χ0) is 13.8. The lowest BCUT2D eigenvalue weighted by molar-refractivity contribution is -0.274. The Hall–Kier alpha value is -2.04. The molecule has 1 rings (SSSR count). The molecule has 0 N–H and O–H groups in total. The summed E-state index contributed by atoms with van der Waals surface area (Å²) in [6.07, 6.45) is -5.27. The predicted molar refractivity (Wildman–Crippen MR) is 49.1 cm³/mol. The summed E-state index contributed by atoms with van der Waals surface area (Å²) in [5.74, 6) is -0.963. The quantitative estimate of drug-likeness (QED) is 0.786. The van der Waals surface area contributed by atoms with Crippen LogP contribution in [0.25, 0.3) is 0 Å². The van der Waals surface area contributed by atoms with Crippen molar-refractivity contribution >= 4 is 0 Å². The first kappa shape index (κ1) is 14.0. The van der Waals surface area contributed by atoms with E-state index in [0.29, 0.717) is 0 Å². The van der Waals surface area contributed by atoms with Crippen molar-refractivity contribution in [1.29, 1.82) is 5.26 Å². The molecule has 0 fully saturated rings. The van der Waals surface area contributed by atoms with Crippen molar-refractivity contribution in [3.63, 3.8) is 0 Å². The van der Waals surface area contributed by atoms with Gasteiger partial charge in [0.05, 0.1) is 12.5 Å². The van der Waals surface area contributed by atoms with Crippen LogP contribution in [0.5, 0.6) is 11.5 Å². The van der Waals surface area contributed by atoms with Crippen LogP contribution in [-0.2, 0) is 6.42 Å². The van der Waals surface area contributed by atoms with Crippen LogP contribution in [0.1, 0.15) is 5.56 Å². The van der Waals surface area contributed by atoms with Crippen molar-refractivity contribution in [3.8, 4) is 17.6 Å². The number of halogens is 5. The summed E-state index contributed by atoms with van der Waals surface area (Å²) < 4.78 is 67.4. The topological polar surface area (TPSA) is 42.2 Å². The number of nitrogens with zero attached hydrogens (tertiary/aromatic N) is 1. The summed E-state index contributed by atoms with van der Waals surface area (Å²) in [5.41, 5.74) is -0.112. The van der Waals surface area contributed by atoms with Crippen LogP contribution >= 0.6 is 0 Å². The van der Waals surface area contributed by atoms with E-state index in [2.05, 4.69) is 9.47 Å². The van der Waals surface area contributed by atoms with Gasteiger partial charge in [-0.25, -0.2) is 0 Å². The molecule has 98 valence electrons. The lowest BCUT2D eigenvalue weighted by Crippen LogP contribution is -2.17. The molecule has 0 amide bonds. The van der Waals surface area contributed by atoms with Gasteiger partial charge in [-0.1, -0.05) is 0 Å². The minimum atomic E-state index is -4.89. The fourth-order valence-corrected chi connectivity index (χ4v) is 1.19. The lowest BCUT2D eigenvalue weighted by Gasteiger charge is -2.12. The van der Waals surface area contributed by atoms with Gasteiger partial charge in [0.25, 0.3) is 0 Å². The Bertz CT molecular complexity index is 453. The minimum absolute atomic E-state index is 0.112. The summed E-state index contributed by atoms with van der Waals surface area (Å²) in [7, 11) is 0. The van der Waals surface area contributed by atoms with E-state index in [0.717, 1.165) is 18.2 Å². The lowest BCUT2D eigenvalue weighted by atomic mass is 10.1. The number of nitriles is 1. The van der Waals surface area contributed by atoms with Gasteiger partial charge in [0.2, 0.25) is 0 Å². The molecular formula is C10H6F5NO2.